The van der Waals surface area contributed by atoms with E-state index in [1.165, 1.54) is 36.4 Å². The van der Waals surface area contributed by atoms with Crippen LogP contribution < -0.4 is 10.1 Å². The number of aromatic hydroxyl groups is 1. The molecule has 0 unspecified atom stereocenters. The number of phenolic OH excluding ortho intramolecular Hbond substituents is 1. The summed E-state index contributed by atoms with van der Waals surface area (Å²) in [4.78, 5) is 14.2. The Hall–Kier alpha value is -2.80. The van der Waals surface area contributed by atoms with Crippen LogP contribution in [0.15, 0.2) is 42.5 Å². The number of hydrogen-bond acceptors (Lipinski definition) is 4. The quantitative estimate of drug-likeness (QED) is 0.675. The SMILES string of the molecule is CC(C)CC1(O)CCN(C(=O)Nc2cc(O)cc(Oc3ccc(F)cc3)c2)CC1. The highest BCUT2D eigenvalue weighted by Gasteiger charge is 2.34. The predicted molar refractivity (Wildman–Crippen MR) is 109 cm³/mol. The van der Waals surface area contributed by atoms with Crippen LogP contribution in [0.4, 0.5) is 14.9 Å². The topological polar surface area (TPSA) is 82.0 Å². The van der Waals surface area contributed by atoms with Gasteiger partial charge in [0.2, 0.25) is 0 Å². The maximum atomic E-state index is 13.0. The highest BCUT2D eigenvalue weighted by molar-refractivity contribution is 5.90. The van der Waals surface area contributed by atoms with Crippen LogP contribution >= 0.6 is 0 Å². The summed E-state index contributed by atoms with van der Waals surface area (Å²) in [6, 6.07) is 9.62. The maximum absolute atomic E-state index is 13.0. The molecular formula is C22H27FN2O4. The van der Waals surface area contributed by atoms with E-state index in [4.69, 9.17) is 4.74 Å². The molecule has 1 aliphatic heterocycles. The highest BCUT2D eigenvalue weighted by atomic mass is 19.1. The summed E-state index contributed by atoms with van der Waals surface area (Å²) in [5, 5.41) is 23.3. The molecule has 2 aromatic carbocycles. The number of hydrogen-bond donors (Lipinski definition) is 3. The summed E-state index contributed by atoms with van der Waals surface area (Å²) in [5.74, 6) is 0.687. The maximum Gasteiger partial charge on any atom is 0.321 e. The second kappa shape index (κ2) is 8.69. The average molecular weight is 402 g/mol. The number of carbonyl (C=O) groups excluding carboxylic acids is 1. The molecular weight excluding hydrogens is 375 g/mol. The summed E-state index contributed by atoms with van der Waals surface area (Å²) in [5.41, 5.74) is -0.332. The monoisotopic (exact) mass is 402 g/mol. The zero-order valence-corrected chi connectivity index (χ0v) is 16.7. The van der Waals surface area contributed by atoms with Gasteiger partial charge in [-0.1, -0.05) is 13.8 Å². The number of carbonyl (C=O) groups is 1. The number of piperidine rings is 1. The van der Waals surface area contributed by atoms with Crippen LogP contribution in [0, 0.1) is 11.7 Å². The lowest BCUT2D eigenvalue weighted by molar-refractivity contribution is -0.0268. The zero-order valence-electron chi connectivity index (χ0n) is 16.7. The fourth-order valence-electron chi connectivity index (χ4n) is 3.65. The fraction of sp³-hybridized carbons (Fsp3) is 0.409. The molecule has 1 heterocycles. The van der Waals surface area contributed by atoms with E-state index in [-0.39, 0.29) is 17.6 Å². The molecule has 2 aromatic rings. The molecule has 7 heteroatoms. The van der Waals surface area contributed by atoms with Crippen LogP contribution in [-0.4, -0.2) is 39.8 Å². The van der Waals surface area contributed by atoms with Gasteiger partial charge in [0, 0.05) is 37.0 Å². The third kappa shape index (κ3) is 5.84. The van der Waals surface area contributed by atoms with Gasteiger partial charge in [-0.3, -0.25) is 0 Å². The molecule has 3 N–H and O–H groups in total. The Labute approximate surface area is 169 Å². The Morgan fingerprint density at radius 3 is 2.45 bits per heavy atom. The van der Waals surface area contributed by atoms with E-state index in [1.54, 1.807) is 11.0 Å². The van der Waals surface area contributed by atoms with Crippen LogP contribution in [0.5, 0.6) is 17.2 Å². The standard InChI is InChI=1S/C22H27FN2O4/c1-15(2)14-22(28)7-9-25(10-8-22)21(27)24-17-11-18(26)13-20(12-17)29-19-5-3-16(23)4-6-19/h3-6,11-13,15,26,28H,7-10,14H2,1-2H3,(H,24,27). The predicted octanol–water partition coefficient (Wildman–Crippen LogP) is 4.73. The lowest BCUT2D eigenvalue weighted by Gasteiger charge is -2.39. The summed E-state index contributed by atoms with van der Waals surface area (Å²) in [6.07, 6.45) is 1.80. The summed E-state index contributed by atoms with van der Waals surface area (Å²) in [6.45, 7) is 5.08. The number of halogens is 1. The van der Waals surface area contributed by atoms with Crippen molar-refractivity contribution in [1.29, 1.82) is 0 Å². The Kier molecular flexibility index (Phi) is 6.27. The van der Waals surface area contributed by atoms with Gasteiger partial charge in [0.1, 0.15) is 23.1 Å². The average Bonchev–Trinajstić information content (AvgIpc) is 2.62. The molecule has 0 spiro atoms. The molecule has 2 amide bonds. The highest BCUT2D eigenvalue weighted by Crippen LogP contribution is 2.31. The summed E-state index contributed by atoms with van der Waals surface area (Å²) < 4.78 is 18.6. The van der Waals surface area contributed by atoms with Gasteiger partial charge in [0.05, 0.1) is 5.60 Å². The van der Waals surface area contributed by atoms with Crippen molar-refractivity contribution in [3.8, 4) is 17.2 Å². The largest absolute Gasteiger partial charge is 0.508 e. The molecule has 0 aliphatic carbocycles. The van der Waals surface area contributed by atoms with Crippen molar-refractivity contribution in [2.24, 2.45) is 5.92 Å². The first-order valence-corrected chi connectivity index (χ1v) is 9.78. The molecule has 0 radical (unpaired) electrons. The van der Waals surface area contributed by atoms with Gasteiger partial charge in [-0.2, -0.15) is 0 Å². The lowest BCUT2D eigenvalue weighted by Crippen LogP contribution is -2.48. The van der Waals surface area contributed by atoms with Gasteiger partial charge in [-0.15, -0.1) is 0 Å². The van der Waals surface area contributed by atoms with Crippen LogP contribution in [0.1, 0.15) is 33.1 Å². The molecule has 1 fully saturated rings. The smallest absolute Gasteiger partial charge is 0.321 e. The number of aliphatic hydroxyl groups is 1. The number of rotatable bonds is 5. The van der Waals surface area contributed by atoms with Crippen LogP contribution in [0.3, 0.4) is 0 Å². The Bertz CT molecular complexity index is 846. The number of benzene rings is 2. The minimum Gasteiger partial charge on any atom is -0.508 e. The van der Waals surface area contributed by atoms with Crippen molar-refractivity contribution in [2.75, 3.05) is 18.4 Å². The van der Waals surface area contributed by atoms with Crippen molar-refractivity contribution in [3.05, 3.63) is 48.3 Å². The van der Waals surface area contributed by atoms with E-state index in [0.29, 0.717) is 49.0 Å². The minimum atomic E-state index is -0.716. The number of ether oxygens (including phenoxy) is 1. The number of likely N-dealkylation sites (tertiary alicyclic amines) is 1. The summed E-state index contributed by atoms with van der Waals surface area (Å²) >= 11 is 0. The molecule has 0 saturated carbocycles. The van der Waals surface area contributed by atoms with E-state index in [2.05, 4.69) is 19.2 Å². The van der Waals surface area contributed by atoms with Gasteiger partial charge in [-0.25, -0.2) is 9.18 Å². The number of urea groups is 1. The van der Waals surface area contributed by atoms with Crippen LogP contribution in [0.25, 0.3) is 0 Å². The van der Waals surface area contributed by atoms with Gasteiger partial charge in [0.15, 0.2) is 0 Å². The van der Waals surface area contributed by atoms with Crippen molar-refractivity contribution < 1.29 is 24.1 Å². The Morgan fingerprint density at radius 2 is 1.83 bits per heavy atom. The van der Waals surface area contributed by atoms with Gasteiger partial charge in [0.25, 0.3) is 0 Å². The minimum absolute atomic E-state index is 0.0649. The number of phenols is 1. The number of nitrogens with one attached hydrogen (secondary N) is 1. The van der Waals surface area contributed by atoms with E-state index >= 15 is 0 Å². The molecule has 0 aromatic heterocycles. The Morgan fingerprint density at radius 1 is 1.17 bits per heavy atom. The molecule has 1 saturated heterocycles. The second-order valence-electron chi connectivity index (χ2n) is 8.01. The Balaban J connectivity index is 1.62. The van der Waals surface area contributed by atoms with E-state index < -0.39 is 5.60 Å². The van der Waals surface area contributed by atoms with Crippen LogP contribution in [-0.2, 0) is 0 Å². The summed E-state index contributed by atoms with van der Waals surface area (Å²) in [7, 11) is 0. The number of amides is 2. The first-order valence-electron chi connectivity index (χ1n) is 9.78. The van der Waals surface area contributed by atoms with Crippen molar-refractivity contribution in [3.63, 3.8) is 0 Å². The molecule has 0 bridgehead atoms. The molecule has 29 heavy (non-hydrogen) atoms. The van der Waals surface area contributed by atoms with Crippen molar-refractivity contribution in [2.45, 2.75) is 38.7 Å². The van der Waals surface area contributed by atoms with Crippen LogP contribution in [0.2, 0.25) is 0 Å². The third-order valence-electron chi connectivity index (χ3n) is 4.96. The zero-order chi connectivity index (χ0) is 21.0. The van der Waals surface area contributed by atoms with Gasteiger partial charge in [-0.05, 0) is 49.4 Å². The van der Waals surface area contributed by atoms with E-state index in [0.717, 1.165) is 6.42 Å². The van der Waals surface area contributed by atoms with E-state index in [1.807, 2.05) is 0 Å². The fourth-order valence-corrected chi connectivity index (χ4v) is 3.65. The molecule has 0 atom stereocenters. The van der Waals surface area contributed by atoms with Gasteiger partial charge >= 0.3 is 6.03 Å². The molecule has 156 valence electrons. The second-order valence-corrected chi connectivity index (χ2v) is 8.01. The lowest BCUT2D eigenvalue weighted by atomic mass is 9.84. The van der Waals surface area contributed by atoms with Gasteiger partial charge < -0.3 is 25.2 Å². The number of anilines is 1. The normalized spacial score (nSPS) is 16.0. The van der Waals surface area contributed by atoms with E-state index in [9.17, 15) is 19.4 Å². The van der Waals surface area contributed by atoms with Crippen molar-refractivity contribution in [1.82, 2.24) is 4.90 Å². The number of nitrogens with zero attached hydrogens (tertiary/aromatic N) is 1. The first-order chi connectivity index (χ1) is 13.7. The third-order valence-corrected chi connectivity index (χ3v) is 4.96. The molecule has 6 nitrogen and oxygen atoms in total. The molecule has 3 rings (SSSR count). The molecule has 1 aliphatic rings. The van der Waals surface area contributed by atoms with Crippen molar-refractivity contribution >= 4 is 11.7 Å². The first kappa shape index (κ1) is 20.9.